The smallest absolute Gasteiger partial charge is 0.242 e. The van der Waals surface area contributed by atoms with Crippen LogP contribution in [0.3, 0.4) is 0 Å². The Morgan fingerprint density at radius 3 is 3.00 bits per heavy atom. The van der Waals surface area contributed by atoms with Crippen molar-refractivity contribution in [2.24, 2.45) is 5.73 Å². The molecule has 0 heterocycles. The second-order valence-corrected chi connectivity index (χ2v) is 5.41. The summed E-state index contributed by atoms with van der Waals surface area (Å²) >= 11 is 3.46. The summed E-state index contributed by atoms with van der Waals surface area (Å²) in [4.78, 5) is 11.8. The molecule has 3 N–H and O–H groups in total. The van der Waals surface area contributed by atoms with Crippen LogP contribution in [0, 0.1) is 0 Å². The van der Waals surface area contributed by atoms with E-state index in [1.54, 1.807) is 0 Å². The highest BCUT2D eigenvalue weighted by Crippen LogP contribution is 2.38. The molecule has 1 unspecified atom stereocenters. The molecule has 0 aromatic heterocycles. The summed E-state index contributed by atoms with van der Waals surface area (Å²) in [7, 11) is 0. The Morgan fingerprint density at radius 1 is 1.59 bits per heavy atom. The molecule has 0 aliphatic heterocycles. The van der Waals surface area contributed by atoms with Gasteiger partial charge in [-0.1, -0.05) is 28.9 Å². The molecule has 2 rings (SSSR count). The molecule has 0 radical (unpaired) electrons. The van der Waals surface area contributed by atoms with E-state index in [0.29, 0.717) is 0 Å². The molecule has 1 amide bonds. The molecule has 1 aromatic carbocycles. The van der Waals surface area contributed by atoms with Crippen LogP contribution in [0.25, 0.3) is 0 Å². The number of aryl methyl sites for hydroxylation is 1. The molecule has 17 heavy (non-hydrogen) atoms. The first-order valence-corrected chi connectivity index (χ1v) is 6.73. The molecule has 0 spiro atoms. The Labute approximate surface area is 110 Å². The fourth-order valence-electron chi connectivity index (χ4n) is 2.51. The van der Waals surface area contributed by atoms with Crippen molar-refractivity contribution >= 4 is 21.8 Å². The average molecular weight is 297 g/mol. The number of carbonyl (C=O) groups excluding carboxylic acids is 1. The lowest BCUT2D eigenvalue weighted by Crippen LogP contribution is -2.51. The molecule has 1 aliphatic rings. The molecule has 1 atom stereocenters. The molecular formula is C13H17BrN2O. The van der Waals surface area contributed by atoms with Crippen molar-refractivity contribution < 1.29 is 4.79 Å². The summed E-state index contributed by atoms with van der Waals surface area (Å²) in [5, 5.41) is 3.33. The number of rotatable bonds is 4. The first kappa shape index (κ1) is 12.6. The van der Waals surface area contributed by atoms with Crippen LogP contribution in [-0.4, -0.2) is 12.5 Å². The minimum Gasteiger partial charge on any atom is -0.368 e. The molecule has 0 saturated heterocycles. The van der Waals surface area contributed by atoms with Gasteiger partial charge >= 0.3 is 0 Å². The third kappa shape index (κ3) is 2.11. The summed E-state index contributed by atoms with van der Waals surface area (Å²) in [5.41, 5.74) is 7.21. The summed E-state index contributed by atoms with van der Waals surface area (Å²) in [6.45, 7) is 2.89. The number of primary amides is 1. The van der Waals surface area contributed by atoms with Gasteiger partial charge in [0.1, 0.15) is 5.54 Å². The predicted octanol–water partition coefficient (Wildman–Crippen LogP) is 2.08. The zero-order valence-electron chi connectivity index (χ0n) is 9.92. The van der Waals surface area contributed by atoms with Gasteiger partial charge in [-0.25, -0.2) is 0 Å². The van der Waals surface area contributed by atoms with Crippen LogP contribution >= 0.6 is 15.9 Å². The Bertz CT molecular complexity index is 447. The van der Waals surface area contributed by atoms with Gasteiger partial charge in [0.15, 0.2) is 0 Å². The van der Waals surface area contributed by atoms with E-state index in [4.69, 9.17) is 5.73 Å². The summed E-state index contributed by atoms with van der Waals surface area (Å²) < 4.78 is 1.05. The Morgan fingerprint density at radius 2 is 2.35 bits per heavy atom. The lowest BCUT2D eigenvalue weighted by molar-refractivity contribution is -0.124. The van der Waals surface area contributed by atoms with Crippen LogP contribution in [0.15, 0.2) is 22.7 Å². The number of hydrogen-bond acceptors (Lipinski definition) is 2. The zero-order valence-corrected chi connectivity index (χ0v) is 11.5. The number of nitrogens with two attached hydrogens (primary N) is 1. The van der Waals surface area contributed by atoms with Crippen LogP contribution in [0.5, 0.6) is 0 Å². The van der Waals surface area contributed by atoms with Crippen molar-refractivity contribution in [3.05, 3.63) is 33.8 Å². The van der Waals surface area contributed by atoms with Crippen molar-refractivity contribution in [1.29, 1.82) is 0 Å². The van der Waals surface area contributed by atoms with E-state index in [1.807, 2.05) is 12.1 Å². The van der Waals surface area contributed by atoms with E-state index in [1.165, 1.54) is 5.56 Å². The zero-order chi connectivity index (χ0) is 12.5. The maximum absolute atomic E-state index is 11.8. The Balaban J connectivity index is 2.42. The van der Waals surface area contributed by atoms with Gasteiger partial charge in [0.2, 0.25) is 5.91 Å². The number of nitrogens with one attached hydrogen (secondary N) is 1. The van der Waals surface area contributed by atoms with Gasteiger partial charge in [0.05, 0.1) is 0 Å². The van der Waals surface area contributed by atoms with Gasteiger partial charge in [-0.05, 0) is 49.1 Å². The molecule has 92 valence electrons. The van der Waals surface area contributed by atoms with E-state index in [-0.39, 0.29) is 5.91 Å². The second-order valence-electron chi connectivity index (χ2n) is 4.50. The lowest BCUT2D eigenvalue weighted by atomic mass is 9.91. The number of benzene rings is 1. The summed E-state index contributed by atoms with van der Waals surface area (Å²) in [6, 6.07) is 6.04. The van der Waals surface area contributed by atoms with Gasteiger partial charge in [-0.2, -0.15) is 0 Å². The van der Waals surface area contributed by atoms with Crippen LogP contribution in [0.1, 0.15) is 30.9 Å². The van der Waals surface area contributed by atoms with E-state index in [9.17, 15) is 4.79 Å². The van der Waals surface area contributed by atoms with Crippen LogP contribution in [0.4, 0.5) is 0 Å². The second kappa shape index (κ2) is 4.78. The fourth-order valence-corrected chi connectivity index (χ4v) is 2.92. The van der Waals surface area contributed by atoms with Gasteiger partial charge < -0.3 is 5.73 Å². The van der Waals surface area contributed by atoms with Crippen LogP contribution < -0.4 is 11.1 Å². The number of amides is 1. The predicted molar refractivity (Wildman–Crippen MR) is 71.6 cm³/mol. The molecule has 1 aliphatic carbocycles. The minimum atomic E-state index is -0.661. The topological polar surface area (TPSA) is 55.1 Å². The molecule has 3 nitrogen and oxygen atoms in total. The van der Waals surface area contributed by atoms with Crippen LogP contribution in [-0.2, 0) is 16.8 Å². The molecule has 1 aromatic rings. The van der Waals surface area contributed by atoms with Crippen LogP contribution in [0.2, 0.25) is 0 Å². The normalized spacial score (nSPS) is 22.5. The number of hydrogen-bond donors (Lipinski definition) is 2. The lowest BCUT2D eigenvalue weighted by Gasteiger charge is -2.28. The summed E-state index contributed by atoms with van der Waals surface area (Å²) in [5.74, 6) is -0.271. The monoisotopic (exact) mass is 296 g/mol. The summed E-state index contributed by atoms with van der Waals surface area (Å²) in [6.07, 6.45) is 2.64. The SMILES string of the molecule is CCCNC1(C(N)=O)CCc2cc(Br)ccc21. The number of carbonyl (C=O) groups is 1. The van der Waals surface area contributed by atoms with Gasteiger partial charge in [-0.3, -0.25) is 10.1 Å². The Hall–Kier alpha value is -0.870. The first-order chi connectivity index (χ1) is 8.10. The molecule has 4 heteroatoms. The highest BCUT2D eigenvalue weighted by molar-refractivity contribution is 9.10. The van der Waals surface area contributed by atoms with Gasteiger partial charge in [0.25, 0.3) is 0 Å². The Kier molecular flexibility index (Phi) is 3.54. The fraction of sp³-hybridized carbons (Fsp3) is 0.462. The maximum Gasteiger partial charge on any atom is 0.242 e. The average Bonchev–Trinajstić information content (AvgIpc) is 2.65. The highest BCUT2D eigenvalue weighted by Gasteiger charge is 2.43. The third-order valence-corrected chi connectivity index (χ3v) is 3.89. The number of fused-ring (bicyclic) bond motifs is 1. The first-order valence-electron chi connectivity index (χ1n) is 5.94. The van der Waals surface area contributed by atoms with Gasteiger partial charge in [-0.15, -0.1) is 0 Å². The van der Waals surface area contributed by atoms with E-state index < -0.39 is 5.54 Å². The van der Waals surface area contributed by atoms with Crippen molar-refractivity contribution in [2.45, 2.75) is 31.7 Å². The highest BCUT2D eigenvalue weighted by atomic mass is 79.9. The maximum atomic E-state index is 11.8. The third-order valence-electron chi connectivity index (χ3n) is 3.39. The molecule has 0 saturated carbocycles. The number of halogens is 1. The van der Waals surface area contributed by atoms with E-state index in [0.717, 1.165) is 35.8 Å². The van der Waals surface area contributed by atoms with E-state index in [2.05, 4.69) is 34.2 Å². The van der Waals surface area contributed by atoms with Crippen molar-refractivity contribution in [2.75, 3.05) is 6.54 Å². The van der Waals surface area contributed by atoms with Crippen molar-refractivity contribution in [1.82, 2.24) is 5.32 Å². The largest absolute Gasteiger partial charge is 0.368 e. The molecule has 0 fully saturated rings. The molecule has 0 bridgehead atoms. The standard InChI is InChI=1S/C13H17BrN2O/c1-2-7-16-13(12(15)17)6-5-9-8-10(14)3-4-11(9)13/h3-4,8,16H,2,5-7H2,1H3,(H2,15,17). The van der Waals surface area contributed by atoms with E-state index >= 15 is 0 Å². The quantitative estimate of drug-likeness (QED) is 0.894. The van der Waals surface area contributed by atoms with Crippen molar-refractivity contribution in [3.8, 4) is 0 Å². The van der Waals surface area contributed by atoms with Gasteiger partial charge in [0, 0.05) is 4.47 Å². The minimum absolute atomic E-state index is 0.271. The van der Waals surface area contributed by atoms with Crippen molar-refractivity contribution in [3.63, 3.8) is 0 Å². The molecular weight excluding hydrogens is 280 g/mol.